The number of benzene rings is 2. The molecule has 0 N–H and O–H groups in total. The lowest BCUT2D eigenvalue weighted by Gasteiger charge is -2.34. The van der Waals surface area contributed by atoms with Crippen LogP contribution in [-0.4, -0.2) is 51.3 Å². The number of nitro groups is 1. The molecule has 1 fully saturated rings. The van der Waals surface area contributed by atoms with Crippen LogP contribution in [0.5, 0.6) is 0 Å². The van der Waals surface area contributed by atoms with E-state index < -0.39 is 4.92 Å². The first kappa shape index (κ1) is 17.6. The number of thiazole rings is 1. The van der Waals surface area contributed by atoms with Crippen molar-refractivity contribution in [1.82, 2.24) is 14.3 Å². The lowest BCUT2D eigenvalue weighted by atomic mass is 10.1. The van der Waals surface area contributed by atoms with Gasteiger partial charge >= 0.3 is 5.82 Å². The molecule has 2 aromatic carbocycles. The van der Waals surface area contributed by atoms with Gasteiger partial charge in [-0.3, -0.25) is 4.79 Å². The van der Waals surface area contributed by atoms with Gasteiger partial charge in [0.15, 0.2) is 0 Å². The third-order valence-corrected chi connectivity index (χ3v) is 6.01. The van der Waals surface area contributed by atoms with Crippen LogP contribution in [0.25, 0.3) is 15.7 Å². The topological polar surface area (TPSA) is 84.0 Å². The number of hydrogen-bond donors (Lipinski definition) is 0. The number of aromatic nitrogens is 2. The van der Waals surface area contributed by atoms with Gasteiger partial charge in [-0.25, -0.2) is 0 Å². The van der Waals surface area contributed by atoms with Crippen molar-refractivity contribution in [2.24, 2.45) is 0 Å². The molecular formula is C20H17N5O3S. The van der Waals surface area contributed by atoms with Gasteiger partial charge in [0, 0.05) is 37.1 Å². The van der Waals surface area contributed by atoms with Gasteiger partial charge in [0.2, 0.25) is 5.82 Å². The Bertz CT molecular complexity index is 1240. The molecule has 0 aliphatic carbocycles. The first-order valence-electron chi connectivity index (χ1n) is 9.25. The molecule has 0 saturated carbocycles. The van der Waals surface area contributed by atoms with Crippen molar-refractivity contribution in [3.05, 3.63) is 69.7 Å². The van der Waals surface area contributed by atoms with Crippen LogP contribution < -0.4 is 4.90 Å². The molecule has 1 aliphatic heterocycles. The molecule has 0 radical (unpaired) electrons. The van der Waals surface area contributed by atoms with Gasteiger partial charge in [0.1, 0.15) is 6.20 Å². The average molecular weight is 407 g/mol. The Morgan fingerprint density at radius 3 is 2.59 bits per heavy atom. The second-order valence-corrected chi connectivity index (χ2v) is 7.79. The van der Waals surface area contributed by atoms with Crippen molar-refractivity contribution < 1.29 is 9.72 Å². The van der Waals surface area contributed by atoms with Gasteiger partial charge in [-0.05, 0) is 27.8 Å². The zero-order valence-corrected chi connectivity index (χ0v) is 16.2. The van der Waals surface area contributed by atoms with Crippen LogP contribution >= 0.6 is 11.3 Å². The highest BCUT2D eigenvalue weighted by Gasteiger charge is 2.31. The number of carbonyl (C=O) groups is 1. The molecule has 9 heteroatoms. The zero-order chi connectivity index (χ0) is 20.0. The summed E-state index contributed by atoms with van der Waals surface area (Å²) >= 11 is 1.36. The second kappa shape index (κ2) is 6.85. The van der Waals surface area contributed by atoms with Gasteiger partial charge in [0.05, 0.1) is 0 Å². The van der Waals surface area contributed by atoms with Crippen molar-refractivity contribution in [2.75, 3.05) is 31.1 Å². The molecular weight excluding hydrogens is 390 g/mol. The standard InChI is InChI=1S/C20H17N5O3S/c26-19(16-6-5-14-3-1-2-4-15(14)13-16)23-9-7-22(8-10-23)17-18(25(27)28)24-11-12-29-20(24)21-17/h1-6,11-13H,7-10H2. The van der Waals surface area contributed by atoms with Crippen LogP contribution in [0.1, 0.15) is 10.4 Å². The maximum Gasteiger partial charge on any atom is 0.373 e. The number of anilines is 1. The summed E-state index contributed by atoms with van der Waals surface area (Å²) in [7, 11) is 0. The fourth-order valence-electron chi connectivity index (χ4n) is 3.77. The molecule has 1 aliphatic rings. The summed E-state index contributed by atoms with van der Waals surface area (Å²) in [5.41, 5.74) is 0.658. The van der Waals surface area contributed by atoms with E-state index in [0.717, 1.165) is 10.8 Å². The predicted molar refractivity (Wildman–Crippen MR) is 112 cm³/mol. The highest BCUT2D eigenvalue weighted by molar-refractivity contribution is 7.15. The summed E-state index contributed by atoms with van der Waals surface area (Å²) in [4.78, 5) is 32.8. The molecule has 8 nitrogen and oxygen atoms in total. The summed E-state index contributed by atoms with van der Waals surface area (Å²) in [6, 6.07) is 13.7. The smallest absolute Gasteiger partial charge is 0.358 e. The van der Waals surface area contributed by atoms with Crippen molar-refractivity contribution in [3.63, 3.8) is 0 Å². The molecule has 29 heavy (non-hydrogen) atoms. The van der Waals surface area contributed by atoms with Crippen LogP contribution in [-0.2, 0) is 0 Å². The highest BCUT2D eigenvalue weighted by atomic mass is 32.1. The average Bonchev–Trinajstić information content (AvgIpc) is 3.34. The fraction of sp³-hybridized carbons (Fsp3) is 0.200. The minimum Gasteiger partial charge on any atom is -0.358 e. The Morgan fingerprint density at radius 1 is 1.07 bits per heavy atom. The van der Waals surface area contributed by atoms with Gasteiger partial charge in [0.25, 0.3) is 10.9 Å². The summed E-state index contributed by atoms with van der Waals surface area (Å²) in [6.07, 6.45) is 1.66. The van der Waals surface area contributed by atoms with Gasteiger partial charge in [-0.15, -0.1) is 0 Å². The maximum atomic E-state index is 12.9. The van der Waals surface area contributed by atoms with E-state index in [-0.39, 0.29) is 11.7 Å². The summed E-state index contributed by atoms with van der Waals surface area (Å²) < 4.78 is 1.51. The lowest BCUT2D eigenvalue weighted by molar-refractivity contribution is -0.389. The van der Waals surface area contributed by atoms with Gasteiger partial charge in [-0.2, -0.15) is 9.38 Å². The summed E-state index contributed by atoms with van der Waals surface area (Å²) in [6.45, 7) is 2.00. The van der Waals surface area contributed by atoms with E-state index in [2.05, 4.69) is 4.98 Å². The molecule has 1 amide bonds. The number of imidazole rings is 1. The normalized spacial score (nSPS) is 14.6. The Labute approximate surface area is 169 Å². The van der Waals surface area contributed by atoms with Crippen LogP contribution in [0.4, 0.5) is 11.6 Å². The number of amides is 1. The molecule has 3 heterocycles. The molecule has 2 aromatic heterocycles. The predicted octanol–water partition coefficient (Wildman–Crippen LogP) is 3.42. The van der Waals surface area contributed by atoms with Crippen LogP contribution in [0.15, 0.2) is 54.0 Å². The van der Waals surface area contributed by atoms with Crippen LogP contribution in [0.2, 0.25) is 0 Å². The Morgan fingerprint density at radius 2 is 1.83 bits per heavy atom. The zero-order valence-electron chi connectivity index (χ0n) is 15.4. The van der Waals surface area contributed by atoms with E-state index in [1.165, 1.54) is 15.7 Å². The van der Waals surface area contributed by atoms with Crippen molar-refractivity contribution in [3.8, 4) is 0 Å². The lowest BCUT2D eigenvalue weighted by Crippen LogP contribution is -2.49. The molecule has 0 unspecified atom stereocenters. The Kier molecular flexibility index (Phi) is 4.17. The molecule has 0 atom stereocenters. The van der Waals surface area contributed by atoms with Crippen LogP contribution in [0.3, 0.4) is 0 Å². The van der Waals surface area contributed by atoms with E-state index in [9.17, 15) is 14.9 Å². The quantitative estimate of drug-likeness (QED) is 0.384. The number of carbonyl (C=O) groups excluding carboxylic acids is 1. The number of piperazine rings is 1. The second-order valence-electron chi connectivity index (χ2n) is 6.91. The van der Waals surface area contributed by atoms with Crippen LogP contribution in [0, 0.1) is 10.1 Å². The van der Waals surface area contributed by atoms with E-state index >= 15 is 0 Å². The van der Waals surface area contributed by atoms with Crippen molar-refractivity contribution >= 4 is 44.6 Å². The minimum absolute atomic E-state index is 0.0178. The van der Waals surface area contributed by atoms with Crippen molar-refractivity contribution in [1.29, 1.82) is 0 Å². The number of fused-ring (bicyclic) bond motifs is 2. The van der Waals surface area contributed by atoms with E-state index in [0.29, 0.717) is 42.5 Å². The Hall–Kier alpha value is -3.46. The molecule has 146 valence electrons. The first-order chi connectivity index (χ1) is 14.1. The molecule has 4 aromatic rings. The molecule has 5 rings (SSSR count). The van der Waals surface area contributed by atoms with Gasteiger partial charge in [-0.1, -0.05) is 41.7 Å². The number of nitrogens with zero attached hydrogens (tertiary/aromatic N) is 5. The van der Waals surface area contributed by atoms with E-state index in [1.54, 1.807) is 16.5 Å². The SMILES string of the molecule is O=C(c1ccc2ccccc2c1)N1CCN(c2nc3sccn3c2[N+](=O)[O-])CC1. The largest absolute Gasteiger partial charge is 0.373 e. The molecule has 1 saturated heterocycles. The summed E-state index contributed by atoms with van der Waals surface area (Å²) in [5, 5.41) is 15.5. The van der Waals surface area contributed by atoms with Gasteiger partial charge < -0.3 is 19.9 Å². The fourth-order valence-corrected chi connectivity index (χ4v) is 4.47. The van der Waals surface area contributed by atoms with E-state index in [1.807, 2.05) is 47.4 Å². The third-order valence-electron chi connectivity index (χ3n) is 5.25. The number of hydrogen-bond acceptors (Lipinski definition) is 6. The van der Waals surface area contributed by atoms with Crippen molar-refractivity contribution in [2.45, 2.75) is 0 Å². The van der Waals surface area contributed by atoms with E-state index in [4.69, 9.17) is 0 Å². The third kappa shape index (κ3) is 2.99. The summed E-state index contributed by atoms with van der Waals surface area (Å²) in [5.74, 6) is 0.339. The highest BCUT2D eigenvalue weighted by Crippen LogP contribution is 2.31. The monoisotopic (exact) mass is 407 g/mol. The molecule has 0 bridgehead atoms. The number of rotatable bonds is 3. The minimum atomic E-state index is -0.394. The Balaban J connectivity index is 1.35. The first-order valence-corrected chi connectivity index (χ1v) is 10.1. The molecule has 0 spiro atoms. The maximum absolute atomic E-state index is 12.9.